The number of alkyl carbamates (subject to hydrolysis) is 1. The van der Waals surface area contributed by atoms with E-state index in [9.17, 15) is 9.90 Å². The molecule has 4 aromatic rings. The molecule has 5 aliphatic rings. The molecule has 0 radical (unpaired) electrons. The lowest BCUT2D eigenvalue weighted by Crippen LogP contribution is -2.55. The number of carbonyl (C=O) groups is 1. The highest BCUT2D eigenvalue weighted by molar-refractivity contribution is 6.01. The highest BCUT2D eigenvalue weighted by Gasteiger charge is 2.45. The first kappa shape index (κ1) is 30.9. The van der Waals surface area contributed by atoms with Gasteiger partial charge in [-0.25, -0.2) is 13.6 Å². The molecule has 1 atom stereocenters. The molecule has 0 unspecified atom stereocenters. The number of aryl methyl sites for hydroxylation is 1. The summed E-state index contributed by atoms with van der Waals surface area (Å²) in [5, 5.41) is 14.9. The monoisotopic (exact) mass is 660 g/mol. The van der Waals surface area contributed by atoms with Crippen molar-refractivity contribution < 1.29 is 32.9 Å². The van der Waals surface area contributed by atoms with Crippen LogP contribution in [0, 0.1) is 11.6 Å². The van der Waals surface area contributed by atoms with Crippen molar-refractivity contribution in [2.75, 3.05) is 57.5 Å². The van der Waals surface area contributed by atoms with Crippen molar-refractivity contribution in [1.82, 2.24) is 25.2 Å². The van der Waals surface area contributed by atoms with Crippen LogP contribution in [0.2, 0.25) is 0 Å². The van der Waals surface area contributed by atoms with E-state index in [0.717, 1.165) is 38.8 Å². The van der Waals surface area contributed by atoms with E-state index in [1.807, 2.05) is 11.8 Å². The van der Waals surface area contributed by atoms with Crippen LogP contribution in [-0.4, -0.2) is 94.7 Å². The average molecular weight is 661 g/mol. The summed E-state index contributed by atoms with van der Waals surface area (Å²) in [5.41, 5.74) is -0.530. The Hall–Kier alpha value is -4.36. The third-order valence-electron chi connectivity index (χ3n) is 10.3. The highest BCUT2D eigenvalue weighted by atomic mass is 19.1. The fraction of sp³-hybridized carbons (Fsp3) is 0.486. The Balaban J connectivity index is 1.33. The topological polar surface area (TPSA) is 122 Å². The molecule has 0 aliphatic carbocycles. The van der Waals surface area contributed by atoms with Crippen LogP contribution in [0.3, 0.4) is 0 Å². The Morgan fingerprint density at radius 1 is 1.08 bits per heavy atom. The number of amides is 1. The molecule has 13 heteroatoms. The van der Waals surface area contributed by atoms with Gasteiger partial charge < -0.3 is 29.5 Å². The quantitative estimate of drug-likeness (QED) is 0.307. The Bertz CT molecular complexity index is 1920. The summed E-state index contributed by atoms with van der Waals surface area (Å²) in [6.07, 6.45) is 5.62. The Labute approximate surface area is 276 Å². The summed E-state index contributed by atoms with van der Waals surface area (Å²) in [5.74, 6) is -0.952. The molecule has 2 aromatic heterocycles. The van der Waals surface area contributed by atoms with Crippen LogP contribution in [0.4, 0.5) is 19.4 Å². The zero-order valence-electron chi connectivity index (χ0n) is 26.9. The zero-order chi connectivity index (χ0) is 33.0. The van der Waals surface area contributed by atoms with Crippen LogP contribution in [-0.2, 0) is 15.9 Å². The standard InChI is InChI=1S/C35H38F2N6O5/c1-34-18-42(12-14-46-19-34)31-25-17-38-29(28(37)30(25)39-32(40-31)48-20-35-8-3-10-43(35)11-4-9-35)24-16-22(44)15-21-6-7-26(36)23(27(21)24)5-2-13-47-33(45)41-34/h6-7,15-17,44H,2-5,8-14,18-20H2,1H3,(H,41,45)/t34-/m1/s1. The second-order valence-corrected chi connectivity index (χ2v) is 13.7. The smallest absolute Gasteiger partial charge is 0.407 e. The predicted octanol–water partition coefficient (Wildman–Crippen LogP) is 5.10. The number of benzene rings is 2. The molecular weight excluding hydrogens is 622 g/mol. The molecule has 3 fully saturated rings. The van der Waals surface area contributed by atoms with Gasteiger partial charge in [0.2, 0.25) is 0 Å². The number of phenols is 1. The van der Waals surface area contributed by atoms with E-state index >= 15 is 8.78 Å². The number of hydrogen-bond donors (Lipinski definition) is 2. The van der Waals surface area contributed by atoms with E-state index < -0.39 is 23.3 Å². The lowest BCUT2D eigenvalue weighted by atomic mass is 9.93. The van der Waals surface area contributed by atoms with Crippen molar-refractivity contribution in [1.29, 1.82) is 0 Å². The first-order chi connectivity index (χ1) is 23.2. The van der Waals surface area contributed by atoms with Gasteiger partial charge in [-0.2, -0.15) is 9.97 Å². The van der Waals surface area contributed by atoms with Crippen LogP contribution in [0.1, 0.15) is 44.6 Å². The number of pyridine rings is 1. The summed E-state index contributed by atoms with van der Waals surface area (Å²) in [6.45, 7) is 5.55. The maximum atomic E-state index is 17.0. The van der Waals surface area contributed by atoms with Crippen LogP contribution < -0.4 is 15.0 Å². The van der Waals surface area contributed by atoms with Gasteiger partial charge in [0.15, 0.2) is 5.82 Å². The Morgan fingerprint density at radius 3 is 2.75 bits per heavy atom. The van der Waals surface area contributed by atoms with Gasteiger partial charge >= 0.3 is 12.1 Å². The third kappa shape index (κ3) is 5.42. The van der Waals surface area contributed by atoms with Gasteiger partial charge in [0, 0.05) is 24.8 Å². The second kappa shape index (κ2) is 12.0. The van der Waals surface area contributed by atoms with Crippen molar-refractivity contribution in [3.63, 3.8) is 0 Å². The lowest BCUT2D eigenvalue weighted by molar-refractivity contribution is 0.0870. The molecule has 5 aliphatic heterocycles. The summed E-state index contributed by atoms with van der Waals surface area (Å²) in [6, 6.07) is 5.80. The molecular formula is C35H38F2N6O5. The van der Waals surface area contributed by atoms with E-state index in [4.69, 9.17) is 19.2 Å². The minimum absolute atomic E-state index is 0.00907. The van der Waals surface area contributed by atoms with Crippen molar-refractivity contribution in [3.05, 3.63) is 47.7 Å². The van der Waals surface area contributed by atoms with Crippen molar-refractivity contribution >= 4 is 33.6 Å². The number of fused-ring (bicyclic) bond motifs is 7. The summed E-state index contributed by atoms with van der Waals surface area (Å²) < 4.78 is 50.3. The first-order valence-electron chi connectivity index (χ1n) is 16.7. The van der Waals surface area contributed by atoms with Crippen molar-refractivity contribution in [3.8, 4) is 23.0 Å². The number of rotatable bonds is 3. The normalized spacial score (nSPS) is 22.8. The van der Waals surface area contributed by atoms with E-state index in [1.54, 1.807) is 6.07 Å². The number of carbonyl (C=O) groups excluding carboxylic acids is 1. The van der Waals surface area contributed by atoms with Gasteiger partial charge in [-0.15, -0.1) is 0 Å². The maximum Gasteiger partial charge on any atom is 0.407 e. The van der Waals surface area contributed by atoms with Gasteiger partial charge in [0.05, 0.1) is 36.3 Å². The molecule has 3 saturated heterocycles. The molecule has 2 aromatic carbocycles. The zero-order valence-corrected chi connectivity index (χ0v) is 26.9. The molecule has 1 amide bonds. The van der Waals surface area contributed by atoms with Crippen LogP contribution in [0.25, 0.3) is 32.9 Å². The van der Waals surface area contributed by atoms with Crippen molar-refractivity contribution in [2.45, 2.75) is 56.5 Å². The minimum Gasteiger partial charge on any atom is -0.508 e. The number of phenolic OH excluding ortho intramolecular Hbond substituents is 1. The van der Waals surface area contributed by atoms with E-state index in [-0.39, 0.29) is 60.3 Å². The number of anilines is 1. The molecule has 2 N–H and O–H groups in total. The van der Waals surface area contributed by atoms with Crippen LogP contribution in [0.5, 0.6) is 11.8 Å². The van der Waals surface area contributed by atoms with E-state index in [0.29, 0.717) is 53.7 Å². The van der Waals surface area contributed by atoms with E-state index in [1.165, 1.54) is 24.4 Å². The van der Waals surface area contributed by atoms with Gasteiger partial charge in [0.25, 0.3) is 0 Å². The number of ether oxygens (including phenoxy) is 3. The van der Waals surface area contributed by atoms with Gasteiger partial charge in [-0.3, -0.25) is 9.88 Å². The van der Waals surface area contributed by atoms with Gasteiger partial charge in [-0.05, 0) is 93.1 Å². The fourth-order valence-corrected chi connectivity index (χ4v) is 8.08. The third-order valence-corrected chi connectivity index (χ3v) is 10.3. The molecule has 0 saturated carbocycles. The molecule has 48 heavy (non-hydrogen) atoms. The molecule has 252 valence electrons. The molecule has 0 spiro atoms. The number of nitrogens with one attached hydrogen (secondary N) is 1. The first-order valence-corrected chi connectivity index (χ1v) is 16.7. The number of aromatic hydroxyl groups is 1. The maximum absolute atomic E-state index is 17.0. The summed E-state index contributed by atoms with van der Waals surface area (Å²) >= 11 is 0. The summed E-state index contributed by atoms with van der Waals surface area (Å²) in [7, 11) is 0. The highest BCUT2D eigenvalue weighted by Crippen LogP contribution is 2.41. The fourth-order valence-electron chi connectivity index (χ4n) is 8.08. The Morgan fingerprint density at radius 2 is 1.92 bits per heavy atom. The largest absolute Gasteiger partial charge is 0.508 e. The second-order valence-electron chi connectivity index (χ2n) is 13.7. The Kier molecular flexibility index (Phi) is 7.71. The van der Waals surface area contributed by atoms with E-state index in [2.05, 4.69) is 20.2 Å². The van der Waals surface area contributed by atoms with Gasteiger partial charge in [-0.1, -0.05) is 6.07 Å². The number of nitrogens with zero attached hydrogens (tertiary/aromatic N) is 5. The van der Waals surface area contributed by atoms with Crippen LogP contribution in [0.15, 0.2) is 30.5 Å². The molecule has 7 heterocycles. The lowest BCUT2D eigenvalue weighted by Gasteiger charge is -2.34. The average Bonchev–Trinajstić information content (AvgIpc) is 3.58. The summed E-state index contributed by atoms with van der Waals surface area (Å²) in [4.78, 5) is 31.5. The van der Waals surface area contributed by atoms with Gasteiger partial charge in [0.1, 0.15) is 35.2 Å². The predicted molar refractivity (Wildman–Crippen MR) is 174 cm³/mol. The molecule has 9 rings (SSSR count). The SMILES string of the molecule is C[C@]12COCCN(C1)c1nc(OCC34CCCN3CCC4)nc3c(F)c(ncc13)-c1cc(O)cc3ccc(F)c(c13)CCCOC(=O)N2. The van der Waals surface area contributed by atoms with Crippen molar-refractivity contribution in [2.24, 2.45) is 0 Å². The number of hydrogen-bond acceptors (Lipinski definition) is 10. The molecule has 6 bridgehead atoms. The molecule has 11 nitrogen and oxygen atoms in total. The number of halogens is 2. The number of aromatic nitrogens is 3. The minimum atomic E-state index is -0.885. The van der Waals surface area contributed by atoms with Crippen LogP contribution >= 0.6 is 0 Å².